The summed E-state index contributed by atoms with van der Waals surface area (Å²) < 4.78 is 5.46. The van der Waals surface area contributed by atoms with Crippen LogP contribution in [0.4, 0.5) is 5.69 Å². The smallest absolute Gasteiger partial charge is 0.305 e. The second-order valence-electron chi connectivity index (χ2n) is 4.67. The third-order valence-corrected chi connectivity index (χ3v) is 3.28. The van der Waals surface area contributed by atoms with Crippen LogP contribution in [-0.2, 0) is 0 Å². The summed E-state index contributed by atoms with van der Waals surface area (Å²) in [5, 5.41) is 22.9. The fourth-order valence-corrected chi connectivity index (χ4v) is 2.22. The van der Waals surface area contributed by atoms with E-state index in [1.165, 1.54) is 25.0 Å². The number of nitrogens with zero attached hydrogens (tertiary/aromatic N) is 3. The zero-order chi connectivity index (χ0) is 14.4. The minimum atomic E-state index is -0.624. The molecule has 0 aromatic carbocycles. The summed E-state index contributed by atoms with van der Waals surface area (Å²) in [5.74, 6) is 0.253. The van der Waals surface area contributed by atoms with E-state index in [0.717, 1.165) is 19.4 Å². The van der Waals surface area contributed by atoms with E-state index < -0.39 is 4.92 Å². The van der Waals surface area contributed by atoms with Gasteiger partial charge in [0.05, 0.1) is 11.5 Å². The normalized spacial score (nSPS) is 18.2. The Morgan fingerprint density at radius 2 is 2.40 bits per heavy atom. The van der Waals surface area contributed by atoms with Crippen LogP contribution in [0.5, 0.6) is 5.88 Å². The Kier molecular flexibility index (Phi) is 4.85. The van der Waals surface area contributed by atoms with Crippen molar-refractivity contribution in [3.05, 3.63) is 27.9 Å². The highest BCUT2D eigenvalue weighted by Crippen LogP contribution is 2.19. The van der Waals surface area contributed by atoms with Gasteiger partial charge in [-0.3, -0.25) is 10.1 Å². The first kappa shape index (κ1) is 14.2. The quantitative estimate of drug-likeness (QED) is 0.649. The highest BCUT2D eigenvalue weighted by Gasteiger charge is 2.16. The van der Waals surface area contributed by atoms with Gasteiger partial charge in [-0.15, -0.1) is 0 Å². The van der Waals surface area contributed by atoms with Crippen molar-refractivity contribution in [1.29, 1.82) is 5.26 Å². The van der Waals surface area contributed by atoms with Crippen LogP contribution in [0.3, 0.4) is 0 Å². The van der Waals surface area contributed by atoms with Crippen LogP contribution in [0.15, 0.2) is 12.1 Å². The molecule has 1 fully saturated rings. The fraction of sp³-hybridized carbons (Fsp3) is 0.538. The predicted octanol–water partition coefficient (Wildman–Crippen LogP) is 1.77. The standard InChI is InChI=1S/C13H16N4O3/c14-9-11-12(17(18)19)4-5-13(16-11)20-8-6-10-3-1-2-7-15-10/h4-5,10,15H,1-3,6-8H2. The molecular formula is C13H16N4O3. The third-order valence-electron chi connectivity index (χ3n) is 3.28. The summed E-state index contributed by atoms with van der Waals surface area (Å²) in [5.41, 5.74) is -0.517. The molecule has 2 heterocycles. The van der Waals surface area contributed by atoms with Crippen molar-refractivity contribution in [2.75, 3.05) is 13.2 Å². The third kappa shape index (κ3) is 3.65. The monoisotopic (exact) mass is 276 g/mol. The molecule has 7 heteroatoms. The number of nitrogens with one attached hydrogen (secondary N) is 1. The molecule has 7 nitrogen and oxygen atoms in total. The summed E-state index contributed by atoms with van der Waals surface area (Å²) in [7, 11) is 0. The molecule has 0 amide bonds. The number of hydrogen-bond donors (Lipinski definition) is 1. The Bertz CT molecular complexity index is 521. The maximum absolute atomic E-state index is 10.7. The average Bonchev–Trinajstić information content (AvgIpc) is 2.48. The van der Waals surface area contributed by atoms with Crippen LogP contribution < -0.4 is 10.1 Å². The van der Waals surface area contributed by atoms with Crippen molar-refractivity contribution in [3.8, 4) is 11.9 Å². The van der Waals surface area contributed by atoms with Gasteiger partial charge in [0, 0.05) is 18.2 Å². The number of piperidine rings is 1. The molecule has 1 aromatic heterocycles. The van der Waals surface area contributed by atoms with Gasteiger partial charge in [-0.1, -0.05) is 6.42 Å². The number of nitriles is 1. The minimum Gasteiger partial charge on any atom is -0.478 e. The number of ether oxygens (including phenoxy) is 1. The van der Waals surface area contributed by atoms with E-state index in [2.05, 4.69) is 10.3 Å². The van der Waals surface area contributed by atoms with E-state index in [1.807, 2.05) is 0 Å². The molecule has 2 rings (SSSR count). The molecule has 0 spiro atoms. The van der Waals surface area contributed by atoms with Crippen molar-refractivity contribution in [3.63, 3.8) is 0 Å². The van der Waals surface area contributed by atoms with Crippen molar-refractivity contribution in [2.24, 2.45) is 0 Å². The molecule has 1 aromatic rings. The Morgan fingerprint density at radius 1 is 1.55 bits per heavy atom. The topological polar surface area (TPSA) is 101 Å². The molecule has 1 unspecified atom stereocenters. The lowest BCUT2D eigenvalue weighted by molar-refractivity contribution is -0.385. The first-order valence-corrected chi connectivity index (χ1v) is 6.62. The van der Waals surface area contributed by atoms with E-state index in [0.29, 0.717) is 12.6 Å². The summed E-state index contributed by atoms with van der Waals surface area (Å²) in [4.78, 5) is 13.9. The number of pyridine rings is 1. The Hall–Kier alpha value is -2.20. The molecule has 1 atom stereocenters. The molecule has 20 heavy (non-hydrogen) atoms. The number of rotatable bonds is 5. The van der Waals surface area contributed by atoms with E-state index in [1.54, 1.807) is 6.07 Å². The van der Waals surface area contributed by atoms with E-state index >= 15 is 0 Å². The van der Waals surface area contributed by atoms with Gasteiger partial charge in [0.2, 0.25) is 11.6 Å². The molecule has 0 aliphatic carbocycles. The molecule has 0 saturated carbocycles. The molecular weight excluding hydrogens is 260 g/mol. The van der Waals surface area contributed by atoms with Gasteiger partial charge < -0.3 is 10.1 Å². The van der Waals surface area contributed by atoms with Gasteiger partial charge in [-0.25, -0.2) is 0 Å². The van der Waals surface area contributed by atoms with Gasteiger partial charge in [-0.2, -0.15) is 10.2 Å². The molecule has 1 saturated heterocycles. The maximum atomic E-state index is 10.7. The first-order valence-electron chi connectivity index (χ1n) is 6.62. The van der Waals surface area contributed by atoms with Gasteiger partial charge >= 0.3 is 5.69 Å². The van der Waals surface area contributed by atoms with Gasteiger partial charge in [0.1, 0.15) is 6.07 Å². The summed E-state index contributed by atoms with van der Waals surface area (Å²) >= 11 is 0. The molecule has 1 aliphatic heterocycles. The van der Waals surface area contributed by atoms with Crippen LogP contribution >= 0.6 is 0 Å². The van der Waals surface area contributed by atoms with E-state index in [-0.39, 0.29) is 17.3 Å². The Balaban J connectivity index is 1.90. The highest BCUT2D eigenvalue weighted by atomic mass is 16.6. The molecule has 0 radical (unpaired) electrons. The predicted molar refractivity (Wildman–Crippen MR) is 71.4 cm³/mol. The second-order valence-corrected chi connectivity index (χ2v) is 4.67. The number of nitro groups is 1. The van der Waals surface area contributed by atoms with Crippen LogP contribution in [0.2, 0.25) is 0 Å². The largest absolute Gasteiger partial charge is 0.478 e. The lowest BCUT2D eigenvalue weighted by Crippen LogP contribution is -2.35. The summed E-state index contributed by atoms with van der Waals surface area (Å²) in [6.07, 6.45) is 4.44. The van der Waals surface area contributed by atoms with Crippen molar-refractivity contribution < 1.29 is 9.66 Å². The summed E-state index contributed by atoms with van der Waals surface area (Å²) in [6, 6.07) is 4.84. The first-order chi connectivity index (χ1) is 9.70. The fourth-order valence-electron chi connectivity index (χ4n) is 2.22. The molecule has 0 bridgehead atoms. The van der Waals surface area contributed by atoms with Crippen LogP contribution in [-0.4, -0.2) is 29.1 Å². The van der Waals surface area contributed by atoms with Crippen molar-refractivity contribution in [2.45, 2.75) is 31.7 Å². The molecule has 1 N–H and O–H groups in total. The lowest BCUT2D eigenvalue weighted by atomic mass is 10.0. The van der Waals surface area contributed by atoms with Crippen molar-refractivity contribution in [1.82, 2.24) is 10.3 Å². The maximum Gasteiger partial charge on any atom is 0.305 e. The van der Waals surface area contributed by atoms with Gasteiger partial charge in [0.15, 0.2) is 0 Å². The second kappa shape index (κ2) is 6.82. The minimum absolute atomic E-state index is 0.219. The molecule has 106 valence electrons. The van der Waals surface area contributed by atoms with Gasteiger partial charge in [-0.05, 0) is 25.8 Å². The molecule has 1 aliphatic rings. The Morgan fingerprint density at radius 3 is 3.05 bits per heavy atom. The average molecular weight is 276 g/mol. The number of aromatic nitrogens is 1. The van der Waals surface area contributed by atoms with E-state index in [4.69, 9.17) is 10.00 Å². The zero-order valence-corrected chi connectivity index (χ0v) is 11.0. The number of hydrogen-bond acceptors (Lipinski definition) is 6. The van der Waals surface area contributed by atoms with Crippen molar-refractivity contribution >= 4 is 5.69 Å². The van der Waals surface area contributed by atoms with Crippen LogP contribution in [0.25, 0.3) is 0 Å². The van der Waals surface area contributed by atoms with Crippen LogP contribution in [0, 0.1) is 21.4 Å². The highest BCUT2D eigenvalue weighted by molar-refractivity contribution is 5.45. The lowest BCUT2D eigenvalue weighted by Gasteiger charge is -2.23. The summed E-state index contributed by atoms with van der Waals surface area (Å²) in [6.45, 7) is 1.52. The van der Waals surface area contributed by atoms with Crippen LogP contribution in [0.1, 0.15) is 31.4 Å². The van der Waals surface area contributed by atoms with Gasteiger partial charge in [0.25, 0.3) is 0 Å². The van der Waals surface area contributed by atoms with E-state index in [9.17, 15) is 10.1 Å². The SMILES string of the molecule is N#Cc1nc(OCCC2CCCCN2)ccc1[N+](=O)[O-]. The Labute approximate surface area is 116 Å². The zero-order valence-electron chi connectivity index (χ0n) is 11.0.